The third kappa shape index (κ3) is 19.5. The molecule has 4 heterocycles. The Balaban J connectivity index is 0.000000889. The molecular weight excluding hydrogens is 849 g/mol. The van der Waals surface area contributed by atoms with Crippen molar-refractivity contribution in [1.82, 2.24) is 29.7 Å². The van der Waals surface area contributed by atoms with Crippen LogP contribution in [0.1, 0.15) is 57.8 Å². The van der Waals surface area contributed by atoms with E-state index in [0.29, 0.717) is 36.4 Å². The molecular formula is C34H56Cl2F2N10O8S2. The largest absolute Gasteiger partial charge is 0.469 e. The van der Waals surface area contributed by atoms with E-state index in [1.807, 2.05) is 0 Å². The maximum Gasteiger partial charge on any atom is 0.353 e. The van der Waals surface area contributed by atoms with E-state index >= 15 is 0 Å². The van der Waals surface area contributed by atoms with Crippen molar-refractivity contribution in [3.8, 4) is 0 Å². The van der Waals surface area contributed by atoms with Gasteiger partial charge in [-0.25, -0.2) is 9.97 Å². The Morgan fingerprint density at radius 2 is 1.29 bits per heavy atom. The summed E-state index contributed by atoms with van der Waals surface area (Å²) in [6, 6.07) is 0. The van der Waals surface area contributed by atoms with Crippen LogP contribution < -0.4 is 10.6 Å². The predicted molar refractivity (Wildman–Crippen MR) is 225 cm³/mol. The fourth-order valence-corrected chi connectivity index (χ4v) is 7.23. The average molecular weight is 907 g/mol. The molecule has 0 bridgehead atoms. The molecule has 2 N–H and O–H groups in total. The maximum absolute atomic E-state index is 11.9. The molecule has 4 rings (SSSR count). The fourth-order valence-electron chi connectivity index (χ4n) is 5.88. The molecule has 2 fully saturated rings. The number of halogens is 4. The number of nitrogens with two attached hydrogens (primary N) is 1. The molecule has 18 nitrogen and oxygen atoms in total. The topological polar surface area (TPSA) is 226 Å². The molecule has 2 aromatic rings. The van der Waals surface area contributed by atoms with Gasteiger partial charge in [-0.1, -0.05) is 59.6 Å². The van der Waals surface area contributed by atoms with E-state index in [-0.39, 0.29) is 40.1 Å². The molecule has 0 radical (unpaired) electrons. The molecule has 0 spiro atoms. The zero-order chi connectivity index (χ0) is 45.1. The summed E-state index contributed by atoms with van der Waals surface area (Å²) in [7, 11) is 7.52. The van der Waals surface area contributed by atoms with Gasteiger partial charge in [0.1, 0.15) is 6.54 Å². The van der Waals surface area contributed by atoms with Crippen molar-refractivity contribution in [2.75, 3.05) is 97.9 Å². The lowest BCUT2D eigenvalue weighted by molar-refractivity contribution is -0.385. The van der Waals surface area contributed by atoms with Crippen molar-refractivity contribution in [2.24, 2.45) is 11.8 Å². The summed E-state index contributed by atoms with van der Waals surface area (Å²) in [5.74, 6) is 0.686. The number of unbranched alkanes of at least 4 members (excludes halogenated alkanes) is 1. The Labute approximate surface area is 358 Å². The van der Waals surface area contributed by atoms with Crippen LogP contribution in [0.5, 0.6) is 0 Å². The van der Waals surface area contributed by atoms with Crippen LogP contribution in [0.3, 0.4) is 0 Å². The van der Waals surface area contributed by atoms with Gasteiger partial charge in [-0.3, -0.25) is 38.9 Å². The van der Waals surface area contributed by atoms with Crippen molar-refractivity contribution < 1.29 is 38.0 Å². The van der Waals surface area contributed by atoms with Crippen LogP contribution in [-0.2, 0) is 19.1 Å². The van der Waals surface area contributed by atoms with E-state index in [9.17, 15) is 34.2 Å². The monoisotopic (exact) mass is 905 g/mol. The lowest BCUT2D eigenvalue weighted by atomic mass is 9.91. The minimum Gasteiger partial charge on any atom is -0.469 e. The summed E-state index contributed by atoms with van der Waals surface area (Å²) in [6.07, 6.45) is 13.1. The highest BCUT2D eigenvalue weighted by Gasteiger charge is 2.30. The Morgan fingerprint density at radius 3 is 1.72 bits per heavy atom. The molecule has 330 valence electrons. The first kappa shape index (κ1) is 52.6. The van der Waals surface area contributed by atoms with E-state index in [1.165, 1.54) is 76.5 Å². The number of methoxy groups -OCH3 is 2. The molecule has 2 saturated heterocycles. The van der Waals surface area contributed by atoms with Crippen molar-refractivity contribution in [1.29, 1.82) is 1.45 Å². The summed E-state index contributed by atoms with van der Waals surface area (Å²) in [5.41, 5.74) is 4.97. The molecule has 0 amide bonds. The number of nitrogens with zero attached hydrogens (tertiary/aromatic N) is 9. The number of esters is 2. The normalized spacial score (nSPS) is 14.6. The second-order valence-electron chi connectivity index (χ2n) is 13.0. The van der Waals surface area contributed by atoms with Gasteiger partial charge in [0.2, 0.25) is 21.9 Å². The summed E-state index contributed by atoms with van der Waals surface area (Å²) in [4.78, 5) is 65.2. The number of thioether (sulfide) groups is 2. The van der Waals surface area contributed by atoms with Gasteiger partial charge in [0.15, 0.2) is 10.3 Å². The molecule has 58 heavy (non-hydrogen) atoms. The van der Waals surface area contributed by atoms with Crippen molar-refractivity contribution in [3.05, 3.63) is 30.5 Å². The number of carbonyl (C=O) groups is 2. The Kier molecular flexibility index (Phi) is 26.9. The third-order valence-corrected chi connectivity index (χ3v) is 10.8. The molecule has 2 aliphatic heterocycles. The lowest BCUT2D eigenvalue weighted by Crippen LogP contribution is -2.36. The molecule has 0 unspecified atom stereocenters. The zero-order valence-electron chi connectivity index (χ0n) is 35.0. The highest BCUT2D eigenvalue weighted by atomic mass is 35.5. The van der Waals surface area contributed by atoms with Crippen molar-refractivity contribution in [3.63, 3.8) is 0 Å². The smallest absolute Gasteiger partial charge is 0.353 e. The number of hydrogen-bond acceptors (Lipinski definition) is 18. The summed E-state index contributed by atoms with van der Waals surface area (Å²) < 4.78 is 31.9. The molecule has 0 aromatic carbocycles. The average Bonchev–Trinajstić information content (AvgIpc) is 3.23. The van der Waals surface area contributed by atoms with Crippen LogP contribution in [0.2, 0.25) is 10.3 Å². The van der Waals surface area contributed by atoms with Crippen LogP contribution in [0.15, 0.2) is 10.3 Å². The number of carbonyl (C=O) groups excluding carboxylic acids is 2. The number of hydrogen-bond donors (Lipinski definition) is 1. The van der Waals surface area contributed by atoms with Crippen molar-refractivity contribution >= 4 is 81.7 Å². The van der Waals surface area contributed by atoms with Gasteiger partial charge in [0.05, 0.1) is 31.2 Å². The first-order valence-electron chi connectivity index (χ1n) is 18.4. The molecule has 2 aliphatic rings. The van der Waals surface area contributed by atoms with E-state index in [4.69, 9.17) is 38.4 Å². The van der Waals surface area contributed by atoms with Crippen molar-refractivity contribution in [2.45, 2.75) is 68.1 Å². The van der Waals surface area contributed by atoms with E-state index in [0.717, 1.165) is 44.7 Å². The van der Waals surface area contributed by atoms with Gasteiger partial charge in [0.25, 0.3) is 1.45 Å². The van der Waals surface area contributed by atoms with Crippen LogP contribution >= 0.6 is 46.7 Å². The van der Waals surface area contributed by atoms with Gasteiger partial charge in [-0.2, -0.15) is 9.97 Å². The second kappa shape index (κ2) is 29.7. The number of likely N-dealkylation sites (tertiary alicyclic amines) is 2. The molecule has 24 heteroatoms. The first-order valence-corrected chi connectivity index (χ1v) is 21.2. The fraction of sp³-hybridized carbons (Fsp3) is 0.706. The SMILES string of the molecule is CF.COC(=O)CCCCC1CCN(C)CC1.COC(=O)CN(CCC1CCN(C)CC1)c1nc(SC)nc(N)c1[N+](=O)[O-].CSc1nc(Cl)c([N+](=O)[O-])c(Cl)n1.[2H]F. The number of piperidine rings is 2. The number of anilines is 2. The number of ether oxygens (including phenoxy) is 2. The Morgan fingerprint density at radius 1 is 0.845 bits per heavy atom. The second-order valence-corrected chi connectivity index (χ2v) is 15.3. The van der Waals surface area contributed by atoms with Crippen LogP contribution in [0, 0.1) is 32.1 Å². The molecule has 0 saturated carbocycles. The predicted octanol–water partition coefficient (Wildman–Crippen LogP) is 6.61. The molecule has 0 aliphatic carbocycles. The number of alkyl halides is 1. The Bertz CT molecular complexity index is 1570. The van der Waals surface area contributed by atoms with Crippen LogP contribution in [-0.4, -0.2) is 140 Å². The lowest BCUT2D eigenvalue weighted by Gasteiger charge is -2.31. The summed E-state index contributed by atoms with van der Waals surface area (Å²) >= 11 is 13.5. The summed E-state index contributed by atoms with van der Waals surface area (Å²) in [6.45, 7) is 4.85. The first-order chi connectivity index (χ1) is 28.1. The van der Waals surface area contributed by atoms with E-state index in [1.54, 1.807) is 17.4 Å². The number of nitrogen functional groups attached to an aromatic ring is 1. The Hall–Kier alpha value is -3.44. The van der Waals surface area contributed by atoms with Crippen LogP contribution in [0.4, 0.5) is 32.1 Å². The van der Waals surface area contributed by atoms with E-state index in [2.05, 4.69) is 50.0 Å². The summed E-state index contributed by atoms with van der Waals surface area (Å²) in [5, 5.41) is 22.1. The number of rotatable bonds is 15. The highest BCUT2D eigenvalue weighted by molar-refractivity contribution is 7.98. The van der Waals surface area contributed by atoms with Gasteiger partial charge >= 0.3 is 23.3 Å². The maximum atomic E-state index is 11.9. The number of nitro groups is 2. The minimum atomic E-state index is -0.714. The minimum absolute atomic E-state index is 0.0650. The number of aromatic nitrogens is 4. The standard InChI is InChI=1S/C16H26N6O4S.C12H23NO2.C5H3Cl2N3O2S.CH3F.FH/c1-20-7-4-11(5-8-20)6-9-21(10-12(23)26-2)15-13(22(24)25)14(17)18-16(19-15)27-3;1-13-9-7-11(8-10-13)5-3-4-6-12(14)15-2;1-13-5-8-3(6)2(10(11)12)4(7)9-5;1-2;/h11H,4-10H2,1-3H3,(H2,17,18,19);11H,3-10H2,1-2H3;1H3;1H3;1H/i/hD. The van der Waals surface area contributed by atoms with Gasteiger partial charge in [-0.05, 0) is 103 Å². The highest BCUT2D eigenvalue weighted by Crippen LogP contribution is 2.34. The zero-order valence-corrected chi connectivity index (χ0v) is 37.1. The molecule has 0 atom stereocenters. The quantitative estimate of drug-likeness (QED) is 0.0377. The van der Waals surface area contributed by atoms with Crippen LogP contribution in [0.25, 0.3) is 0 Å². The van der Waals surface area contributed by atoms with E-state index < -0.39 is 21.5 Å². The third-order valence-electron chi connectivity index (χ3n) is 9.18. The van der Waals surface area contributed by atoms with Gasteiger partial charge in [-0.15, -0.1) is 0 Å². The van der Waals surface area contributed by atoms with Gasteiger partial charge in [0, 0.05) is 13.0 Å². The molecule has 2 aromatic heterocycles. The van der Waals surface area contributed by atoms with Gasteiger partial charge < -0.3 is 29.9 Å².